The molecule has 0 radical (unpaired) electrons. The van der Waals surface area contributed by atoms with Gasteiger partial charge in [0.05, 0.1) is 6.61 Å². The van der Waals surface area contributed by atoms with Crippen LogP contribution in [-0.4, -0.2) is 43.2 Å². The summed E-state index contributed by atoms with van der Waals surface area (Å²) in [7, 11) is 1.92. The first kappa shape index (κ1) is 13.0. The highest BCUT2D eigenvalue weighted by Crippen LogP contribution is 2.22. The Balaban J connectivity index is 2.20. The summed E-state index contributed by atoms with van der Waals surface area (Å²) in [6.45, 7) is 1.71. The van der Waals surface area contributed by atoms with Crippen molar-refractivity contribution in [2.75, 3.05) is 26.7 Å². The maximum Gasteiger partial charge on any atom is 0.251 e. The molecular formula is C13H17FN2O2. The van der Waals surface area contributed by atoms with Gasteiger partial charge in [-0.25, -0.2) is 4.39 Å². The number of rotatable bonds is 3. The molecule has 4 nitrogen and oxygen atoms in total. The van der Waals surface area contributed by atoms with Crippen LogP contribution in [0.5, 0.6) is 0 Å². The largest absolute Gasteiger partial charge is 0.367 e. The summed E-state index contributed by atoms with van der Waals surface area (Å²) in [4.78, 5) is 13.7. The number of carbonyl (C=O) groups excluding carboxylic acids is 1. The summed E-state index contributed by atoms with van der Waals surface area (Å²) in [5, 5.41) is 0. The predicted octanol–water partition coefficient (Wildman–Crippen LogP) is 0.554. The number of hydrogen-bond acceptors (Lipinski definition) is 3. The molecule has 1 fully saturated rings. The first-order chi connectivity index (χ1) is 8.52. The van der Waals surface area contributed by atoms with Crippen molar-refractivity contribution in [3.63, 3.8) is 0 Å². The van der Waals surface area contributed by atoms with E-state index in [9.17, 15) is 9.18 Å². The van der Waals surface area contributed by atoms with Crippen LogP contribution < -0.4 is 5.73 Å². The van der Waals surface area contributed by atoms with Gasteiger partial charge in [0.25, 0.3) is 5.91 Å². The van der Waals surface area contributed by atoms with Gasteiger partial charge in [0.1, 0.15) is 5.82 Å². The van der Waals surface area contributed by atoms with Crippen LogP contribution in [0.3, 0.4) is 0 Å². The molecule has 1 aromatic carbocycles. The molecule has 0 spiro atoms. The molecule has 1 aromatic rings. The fourth-order valence-corrected chi connectivity index (χ4v) is 2.23. The van der Waals surface area contributed by atoms with Crippen molar-refractivity contribution in [1.29, 1.82) is 0 Å². The first-order valence-electron chi connectivity index (χ1n) is 5.89. The molecule has 0 aromatic heterocycles. The lowest BCUT2D eigenvalue weighted by atomic mass is 9.92. The van der Waals surface area contributed by atoms with E-state index >= 15 is 0 Å². The van der Waals surface area contributed by atoms with Crippen LogP contribution in [0.4, 0.5) is 4.39 Å². The van der Waals surface area contributed by atoms with Crippen LogP contribution in [0, 0.1) is 5.82 Å². The standard InChI is InChI=1S/C13H17FN2O2/c1-16-6-7-18-13(9-16,12(15)17)8-10-2-4-11(14)5-3-10/h2-5H,6-9H2,1H3,(H2,15,17). The number of carbonyl (C=O) groups is 1. The number of morpholine rings is 1. The summed E-state index contributed by atoms with van der Waals surface area (Å²) in [5.74, 6) is -0.771. The van der Waals surface area contributed by atoms with Crippen molar-refractivity contribution >= 4 is 5.91 Å². The average molecular weight is 252 g/mol. The number of nitrogens with two attached hydrogens (primary N) is 1. The molecule has 0 saturated carbocycles. The lowest BCUT2D eigenvalue weighted by Crippen LogP contribution is -2.59. The topological polar surface area (TPSA) is 55.6 Å². The normalized spacial score (nSPS) is 25.0. The Hall–Kier alpha value is -1.46. The van der Waals surface area contributed by atoms with Crippen LogP contribution >= 0.6 is 0 Å². The molecule has 2 N–H and O–H groups in total. The zero-order valence-electron chi connectivity index (χ0n) is 10.4. The molecule has 2 rings (SSSR count). The van der Waals surface area contributed by atoms with Gasteiger partial charge in [0.2, 0.25) is 0 Å². The van der Waals surface area contributed by atoms with Gasteiger partial charge in [0, 0.05) is 19.5 Å². The van der Waals surface area contributed by atoms with Gasteiger partial charge in [-0.05, 0) is 24.7 Å². The van der Waals surface area contributed by atoms with E-state index in [4.69, 9.17) is 10.5 Å². The molecule has 0 aliphatic carbocycles. The molecule has 1 aliphatic rings. The molecule has 1 amide bonds. The van der Waals surface area contributed by atoms with Crippen molar-refractivity contribution in [3.05, 3.63) is 35.6 Å². The van der Waals surface area contributed by atoms with Crippen LogP contribution in [0.1, 0.15) is 5.56 Å². The summed E-state index contributed by atoms with van der Waals surface area (Å²) >= 11 is 0. The fraction of sp³-hybridized carbons (Fsp3) is 0.462. The maximum atomic E-state index is 12.9. The number of likely N-dealkylation sites (N-methyl/N-ethyl adjacent to an activating group) is 1. The van der Waals surface area contributed by atoms with Crippen molar-refractivity contribution in [2.45, 2.75) is 12.0 Å². The van der Waals surface area contributed by atoms with E-state index < -0.39 is 11.5 Å². The minimum Gasteiger partial charge on any atom is -0.367 e. The lowest BCUT2D eigenvalue weighted by Gasteiger charge is -2.39. The number of nitrogens with zero attached hydrogens (tertiary/aromatic N) is 1. The second-order valence-corrected chi connectivity index (χ2v) is 4.75. The Labute approximate surface area is 106 Å². The SMILES string of the molecule is CN1CCOC(Cc2ccc(F)cc2)(C(N)=O)C1. The van der Waals surface area contributed by atoms with Gasteiger partial charge in [-0.2, -0.15) is 0 Å². The van der Waals surface area contributed by atoms with E-state index in [1.165, 1.54) is 12.1 Å². The molecule has 98 valence electrons. The molecule has 0 bridgehead atoms. The molecule has 1 saturated heterocycles. The van der Waals surface area contributed by atoms with Gasteiger partial charge < -0.3 is 15.4 Å². The van der Waals surface area contributed by atoms with E-state index in [1.807, 2.05) is 11.9 Å². The lowest BCUT2D eigenvalue weighted by molar-refractivity contribution is -0.155. The third-order valence-electron chi connectivity index (χ3n) is 3.23. The third-order valence-corrected chi connectivity index (χ3v) is 3.23. The smallest absolute Gasteiger partial charge is 0.251 e. The molecule has 5 heteroatoms. The van der Waals surface area contributed by atoms with Crippen molar-refractivity contribution < 1.29 is 13.9 Å². The van der Waals surface area contributed by atoms with E-state index in [2.05, 4.69) is 0 Å². The average Bonchev–Trinajstić information content (AvgIpc) is 2.32. The van der Waals surface area contributed by atoms with Crippen LogP contribution in [0.15, 0.2) is 24.3 Å². The maximum absolute atomic E-state index is 12.9. The quantitative estimate of drug-likeness (QED) is 0.855. The number of primary amides is 1. The van der Waals surface area contributed by atoms with E-state index in [0.717, 1.165) is 12.1 Å². The van der Waals surface area contributed by atoms with Gasteiger partial charge in [-0.15, -0.1) is 0 Å². The van der Waals surface area contributed by atoms with Crippen molar-refractivity contribution in [3.8, 4) is 0 Å². The van der Waals surface area contributed by atoms with Crippen molar-refractivity contribution in [1.82, 2.24) is 4.90 Å². The molecule has 1 heterocycles. The molecule has 18 heavy (non-hydrogen) atoms. The molecule has 1 atom stereocenters. The van der Waals surface area contributed by atoms with E-state index in [-0.39, 0.29) is 5.82 Å². The number of hydrogen-bond donors (Lipinski definition) is 1. The highest BCUT2D eigenvalue weighted by Gasteiger charge is 2.41. The van der Waals surface area contributed by atoms with Crippen LogP contribution in [0.25, 0.3) is 0 Å². The van der Waals surface area contributed by atoms with Gasteiger partial charge >= 0.3 is 0 Å². The Morgan fingerprint density at radius 1 is 1.50 bits per heavy atom. The molecular weight excluding hydrogens is 235 g/mol. The highest BCUT2D eigenvalue weighted by atomic mass is 19.1. The van der Waals surface area contributed by atoms with E-state index in [0.29, 0.717) is 19.6 Å². The second-order valence-electron chi connectivity index (χ2n) is 4.75. The van der Waals surface area contributed by atoms with Gasteiger partial charge in [0.15, 0.2) is 5.60 Å². The Kier molecular flexibility index (Phi) is 3.63. The second kappa shape index (κ2) is 5.04. The summed E-state index contributed by atoms with van der Waals surface area (Å²) in [6.07, 6.45) is 0.368. The minimum absolute atomic E-state index is 0.298. The van der Waals surface area contributed by atoms with Crippen LogP contribution in [-0.2, 0) is 16.0 Å². The summed E-state index contributed by atoms with van der Waals surface area (Å²) < 4.78 is 18.5. The highest BCUT2D eigenvalue weighted by molar-refractivity contribution is 5.84. The predicted molar refractivity (Wildman–Crippen MR) is 65.5 cm³/mol. The zero-order valence-corrected chi connectivity index (χ0v) is 10.4. The number of ether oxygens (including phenoxy) is 1. The first-order valence-corrected chi connectivity index (χ1v) is 5.89. The Morgan fingerprint density at radius 2 is 2.17 bits per heavy atom. The van der Waals surface area contributed by atoms with Crippen molar-refractivity contribution in [2.24, 2.45) is 5.73 Å². The molecule has 1 unspecified atom stereocenters. The number of halogens is 1. The Morgan fingerprint density at radius 3 is 2.72 bits per heavy atom. The third kappa shape index (κ3) is 2.68. The summed E-state index contributed by atoms with van der Waals surface area (Å²) in [6, 6.07) is 6.04. The minimum atomic E-state index is -1.01. The van der Waals surface area contributed by atoms with Gasteiger partial charge in [-0.1, -0.05) is 12.1 Å². The zero-order chi connectivity index (χ0) is 13.2. The fourth-order valence-electron chi connectivity index (χ4n) is 2.23. The monoisotopic (exact) mass is 252 g/mol. The summed E-state index contributed by atoms with van der Waals surface area (Å²) in [5.41, 5.74) is 5.31. The number of benzene rings is 1. The van der Waals surface area contributed by atoms with E-state index in [1.54, 1.807) is 12.1 Å². The van der Waals surface area contributed by atoms with Crippen LogP contribution in [0.2, 0.25) is 0 Å². The Bertz CT molecular complexity index is 435. The number of amides is 1. The van der Waals surface area contributed by atoms with Gasteiger partial charge in [-0.3, -0.25) is 4.79 Å². The molecule has 1 aliphatic heterocycles.